The van der Waals surface area contributed by atoms with E-state index in [1.807, 2.05) is 0 Å². The number of H-pyrrole nitrogens is 1. The highest BCUT2D eigenvalue weighted by molar-refractivity contribution is 5.91. The molecule has 6 heteroatoms. The van der Waals surface area contributed by atoms with Crippen molar-refractivity contribution in [3.63, 3.8) is 0 Å². The maximum absolute atomic E-state index is 13.1. The molecular formula is C11H6F2N4. The Bertz CT molecular complexity index is 676. The van der Waals surface area contributed by atoms with Crippen molar-refractivity contribution in [2.75, 3.05) is 0 Å². The summed E-state index contributed by atoms with van der Waals surface area (Å²) in [4.78, 5) is 14.4. The quantitative estimate of drug-likeness (QED) is 0.700. The smallest absolute Gasteiger partial charge is 0.161 e. The first kappa shape index (κ1) is 9.83. The summed E-state index contributed by atoms with van der Waals surface area (Å²) in [7, 11) is 0. The summed E-state index contributed by atoms with van der Waals surface area (Å²) < 4.78 is 25.8. The Morgan fingerprint density at radius 3 is 2.41 bits per heavy atom. The highest BCUT2D eigenvalue weighted by Gasteiger charge is 2.10. The normalized spacial score (nSPS) is 10.9. The highest BCUT2D eigenvalue weighted by Crippen LogP contribution is 2.24. The molecule has 0 aliphatic heterocycles. The molecule has 0 aromatic carbocycles. The molecular weight excluding hydrogens is 226 g/mol. The molecule has 0 saturated heterocycles. The van der Waals surface area contributed by atoms with Gasteiger partial charge >= 0.3 is 0 Å². The molecule has 0 radical (unpaired) electrons. The van der Waals surface area contributed by atoms with E-state index >= 15 is 0 Å². The zero-order valence-electron chi connectivity index (χ0n) is 8.48. The van der Waals surface area contributed by atoms with Gasteiger partial charge in [0.05, 0.1) is 18.6 Å². The van der Waals surface area contributed by atoms with Gasteiger partial charge in [0.1, 0.15) is 11.5 Å². The van der Waals surface area contributed by atoms with Crippen LogP contribution in [0.4, 0.5) is 8.78 Å². The average Bonchev–Trinajstić information content (AvgIpc) is 2.73. The van der Waals surface area contributed by atoms with E-state index in [1.54, 1.807) is 6.20 Å². The molecule has 3 aromatic heterocycles. The summed E-state index contributed by atoms with van der Waals surface area (Å²) in [5.74, 6) is -0.636. The average molecular weight is 232 g/mol. The van der Waals surface area contributed by atoms with Crippen LogP contribution in [0.1, 0.15) is 0 Å². The second-order valence-corrected chi connectivity index (χ2v) is 3.48. The molecule has 4 nitrogen and oxygen atoms in total. The van der Waals surface area contributed by atoms with Gasteiger partial charge in [-0.25, -0.2) is 23.7 Å². The molecule has 0 unspecified atom stereocenters. The zero-order chi connectivity index (χ0) is 11.8. The van der Waals surface area contributed by atoms with Crippen molar-refractivity contribution >= 4 is 11.0 Å². The minimum Gasteiger partial charge on any atom is -0.345 e. The molecule has 0 fully saturated rings. The topological polar surface area (TPSA) is 54.5 Å². The van der Waals surface area contributed by atoms with Gasteiger partial charge in [-0.2, -0.15) is 0 Å². The van der Waals surface area contributed by atoms with E-state index in [1.165, 1.54) is 6.07 Å². The molecule has 3 aromatic rings. The SMILES string of the molecule is Fc1cnc(-c2c[nH]c3ncc(F)cc23)nc1. The van der Waals surface area contributed by atoms with Crippen molar-refractivity contribution in [2.45, 2.75) is 0 Å². The van der Waals surface area contributed by atoms with Gasteiger partial charge in [0, 0.05) is 17.1 Å². The number of hydrogen-bond donors (Lipinski definition) is 1. The number of aromatic nitrogens is 4. The molecule has 3 rings (SSSR count). The maximum atomic E-state index is 13.1. The summed E-state index contributed by atoms with van der Waals surface area (Å²) in [6, 6.07) is 1.33. The number of rotatable bonds is 1. The number of aromatic amines is 1. The van der Waals surface area contributed by atoms with Crippen molar-refractivity contribution in [3.8, 4) is 11.4 Å². The molecule has 0 spiro atoms. The summed E-state index contributed by atoms with van der Waals surface area (Å²) >= 11 is 0. The minimum atomic E-state index is -0.516. The van der Waals surface area contributed by atoms with Gasteiger partial charge in [-0.3, -0.25) is 0 Å². The van der Waals surface area contributed by atoms with Gasteiger partial charge < -0.3 is 4.98 Å². The van der Waals surface area contributed by atoms with Crippen LogP contribution in [0.25, 0.3) is 22.4 Å². The largest absolute Gasteiger partial charge is 0.345 e. The van der Waals surface area contributed by atoms with Crippen LogP contribution < -0.4 is 0 Å². The number of halogens is 2. The summed E-state index contributed by atoms with van der Waals surface area (Å²) in [6.45, 7) is 0. The van der Waals surface area contributed by atoms with E-state index in [4.69, 9.17) is 0 Å². The van der Waals surface area contributed by atoms with Crippen molar-refractivity contribution in [3.05, 3.63) is 42.5 Å². The summed E-state index contributed by atoms with van der Waals surface area (Å²) in [6.07, 6.45) is 4.86. The van der Waals surface area contributed by atoms with Gasteiger partial charge in [-0.1, -0.05) is 0 Å². The van der Waals surface area contributed by atoms with Crippen molar-refractivity contribution in [2.24, 2.45) is 0 Å². The lowest BCUT2D eigenvalue weighted by atomic mass is 10.2. The molecule has 1 N–H and O–H groups in total. The summed E-state index contributed by atoms with van der Waals surface area (Å²) in [5, 5.41) is 0.566. The fraction of sp³-hybridized carbons (Fsp3) is 0. The standard InChI is InChI=1S/C11H6F2N4/c12-6-1-8-9(5-17-10(8)14-2-6)11-15-3-7(13)4-16-11/h1-5H,(H,14,17). The first-order chi connectivity index (χ1) is 8.24. The Balaban J connectivity index is 2.23. The first-order valence-electron chi connectivity index (χ1n) is 4.84. The van der Waals surface area contributed by atoms with Crippen molar-refractivity contribution in [1.29, 1.82) is 0 Å². The Kier molecular flexibility index (Phi) is 2.07. The van der Waals surface area contributed by atoms with Crippen molar-refractivity contribution in [1.82, 2.24) is 19.9 Å². The van der Waals surface area contributed by atoms with Gasteiger partial charge in [-0.05, 0) is 6.07 Å². The fourth-order valence-electron chi connectivity index (χ4n) is 1.61. The van der Waals surface area contributed by atoms with E-state index in [-0.39, 0.29) is 0 Å². The third kappa shape index (κ3) is 1.63. The molecule has 0 aliphatic carbocycles. The number of nitrogens with zero attached hydrogens (tertiary/aromatic N) is 3. The van der Waals surface area contributed by atoms with Gasteiger partial charge in [0.15, 0.2) is 11.6 Å². The lowest BCUT2D eigenvalue weighted by molar-refractivity contribution is 0.614. The first-order valence-corrected chi connectivity index (χ1v) is 4.84. The Morgan fingerprint density at radius 1 is 0.941 bits per heavy atom. The van der Waals surface area contributed by atoms with Gasteiger partial charge in [-0.15, -0.1) is 0 Å². The number of nitrogens with one attached hydrogen (secondary N) is 1. The Labute approximate surface area is 94.4 Å². The minimum absolute atomic E-state index is 0.324. The molecule has 17 heavy (non-hydrogen) atoms. The van der Waals surface area contributed by atoms with E-state index in [9.17, 15) is 8.78 Å². The molecule has 0 aliphatic rings. The molecule has 84 valence electrons. The second kappa shape index (κ2) is 3.58. The number of pyridine rings is 1. The van der Waals surface area contributed by atoms with Crippen LogP contribution >= 0.6 is 0 Å². The van der Waals surface area contributed by atoms with E-state index in [2.05, 4.69) is 19.9 Å². The Hall–Kier alpha value is -2.37. The van der Waals surface area contributed by atoms with Gasteiger partial charge in [0.2, 0.25) is 0 Å². The molecule has 0 atom stereocenters. The van der Waals surface area contributed by atoms with E-state index < -0.39 is 11.6 Å². The third-order valence-corrected chi connectivity index (χ3v) is 2.36. The zero-order valence-corrected chi connectivity index (χ0v) is 8.48. The molecule has 0 amide bonds. The van der Waals surface area contributed by atoms with Crippen LogP contribution in [0.2, 0.25) is 0 Å². The van der Waals surface area contributed by atoms with Crippen LogP contribution in [0, 0.1) is 11.6 Å². The van der Waals surface area contributed by atoms with Gasteiger partial charge in [0.25, 0.3) is 0 Å². The number of hydrogen-bond acceptors (Lipinski definition) is 3. The fourth-order valence-corrected chi connectivity index (χ4v) is 1.61. The van der Waals surface area contributed by atoms with Crippen molar-refractivity contribution < 1.29 is 8.78 Å². The summed E-state index contributed by atoms with van der Waals surface area (Å²) in [5.41, 5.74) is 1.13. The van der Waals surface area contributed by atoms with Crippen LogP contribution in [0.3, 0.4) is 0 Å². The van der Waals surface area contributed by atoms with Crippen LogP contribution in [-0.2, 0) is 0 Å². The van der Waals surface area contributed by atoms with Crippen LogP contribution in [0.15, 0.2) is 30.9 Å². The lowest BCUT2D eigenvalue weighted by Gasteiger charge is -1.97. The van der Waals surface area contributed by atoms with E-state index in [0.717, 1.165) is 18.6 Å². The van der Waals surface area contributed by atoms with Crippen LogP contribution in [0.5, 0.6) is 0 Å². The highest BCUT2D eigenvalue weighted by atomic mass is 19.1. The molecule has 0 saturated carbocycles. The Morgan fingerprint density at radius 2 is 1.65 bits per heavy atom. The molecule has 3 heterocycles. The van der Waals surface area contributed by atoms with Crippen LogP contribution in [-0.4, -0.2) is 19.9 Å². The molecule has 0 bridgehead atoms. The number of fused-ring (bicyclic) bond motifs is 1. The third-order valence-electron chi connectivity index (χ3n) is 2.36. The predicted molar refractivity (Wildman–Crippen MR) is 57.0 cm³/mol. The predicted octanol–water partition coefficient (Wildman–Crippen LogP) is 2.30. The van der Waals surface area contributed by atoms with E-state index in [0.29, 0.717) is 22.4 Å². The lowest BCUT2D eigenvalue weighted by Crippen LogP contribution is -1.89. The monoisotopic (exact) mass is 232 g/mol. The second-order valence-electron chi connectivity index (χ2n) is 3.48. The maximum Gasteiger partial charge on any atom is 0.161 e.